The zero-order valence-corrected chi connectivity index (χ0v) is 17.2. The summed E-state index contributed by atoms with van der Waals surface area (Å²) >= 11 is 2.08. The summed E-state index contributed by atoms with van der Waals surface area (Å²) in [6, 6.07) is 10.7. The number of nitrogens with one attached hydrogen (secondary N) is 1. The number of carbonyl (C=O) groups excluding carboxylic acids is 1. The van der Waals surface area contributed by atoms with Gasteiger partial charge in [-0.15, -0.1) is 0 Å². The number of rotatable bonds is 7. The first-order chi connectivity index (χ1) is 13.4. The minimum Gasteiger partial charge on any atom is -0.493 e. The molecule has 144 valence electrons. The van der Waals surface area contributed by atoms with Gasteiger partial charge in [-0.1, -0.05) is 6.07 Å². The second-order valence-electron chi connectivity index (χ2n) is 5.40. The Kier molecular flexibility index (Phi) is 7.34. The van der Waals surface area contributed by atoms with Gasteiger partial charge < -0.3 is 14.8 Å². The van der Waals surface area contributed by atoms with Crippen LogP contribution >= 0.6 is 22.6 Å². The maximum atomic E-state index is 12.4. The Hall–Kier alpha value is -3.13. The molecule has 0 radical (unpaired) electrons. The number of methoxy groups -OCH3 is 1. The number of carbonyl (C=O) groups is 1. The van der Waals surface area contributed by atoms with Gasteiger partial charge in [-0.2, -0.15) is 5.26 Å². The quantitative estimate of drug-likeness (QED) is 0.204. The SMILES string of the molecule is CCOc1c(I)cc(/C=C(/C#N)C(=O)Nc2cccc([N+](=O)[O-])c2)cc1OC. The highest BCUT2D eigenvalue weighted by Crippen LogP contribution is 2.34. The number of hydrogen-bond acceptors (Lipinski definition) is 6. The van der Waals surface area contributed by atoms with Crippen molar-refractivity contribution >= 4 is 45.9 Å². The van der Waals surface area contributed by atoms with Crippen molar-refractivity contribution < 1.29 is 19.2 Å². The Morgan fingerprint density at radius 3 is 2.75 bits per heavy atom. The first kappa shape index (κ1) is 21.2. The second kappa shape index (κ2) is 9.70. The van der Waals surface area contributed by atoms with Crippen LogP contribution in [0.25, 0.3) is 6.08 Å². The molecule has 2 rings (SSSR count). The molecule has 8 nitrogen and oxygen atoms in total. The number of amides is 1. The number of nitrogens with zero attached hydrogens (tertiary/aromatic N) is 2. The van der Waals surface area contributed by atoms with Crippen molar-refractivity contribution in [2.45, 2.75) is 6.92 Å². The summed E-state index contributed by atoms with van der Waals surface area (Å²) in [5, 5.41) is 22.7. The number of halogens is 1. The van der Waals surface area contributed by atoms with Gasteiger partial charge >= 0.3 is 0 Å². The van der Waals surface area contributed by atoms with E-state index in [4.69, 9.17) is 9.47 Å². The van der Waals surface area contributed by atoms with Gasteiger partial charge in [0, 0.05) is 17.8 Å². The summed E-state index contributed by atoms with van der Waals surface area (Å²) in [6.07, 6.45) is 1.41. The molecule has 2 aromatic rings. The standard InChI is InChI=1S/C19H16IN3O5/c1-3-28-18-16(20)8-12(9-17(18)27-2)7-13(11-21)19(24)22-14-5-4-6-15(10-14)23(25)26/h4-10H,3H2,1-2H3,(H,22,24)/b13-7-. The van der Waals surface area contributed by atoms with Gasteiger partial charge in [0.15, 0.2) is 11.5 Å². The van der Waals surface area contributed by atoms with Crippen LogP contribution < -0.4 is 14.8 Å². The topological polar surface area (TPSA) is 114 Å². The van der Waals surface area contributed by atoms with Crippen molar-refractivity contribution in [3.05, 3.63) is 61.2 Å². The summed E-state index contributed by atoms with van der Waals surface area (Å²) in [4.78, 5) is 22.7. The average Bonchev–Trinajstić information content (AvgIpc) is 2.67. The van der Waals surface area contributed by atoms with Crippen LogP contribution in [0.2, 0.25) is 0 Å². The van der Waals surface area contributed by atoms with Crippen molar-refractivity contribution in [1.29, 1.82) is 5.26 Å². The Labute approximate surface area is 175 Å². The van der Waals surface area contributed by atoms with Gasteiger partial charge in [0.1, 0.15) is 11.6 Å². The number of anilines is 1. The molecule has 1 N–H and O–H groups in total. The third-order valence-corrected chi connectivity index (χ3v) is 4.33. The van der Waals surface area contributed by atoms with Crippen LogP contribution in [0.3, 0.4) is 0 Å². The molecule has 0 fully saturated rings. The molecule has 0 aliphatic carbocycles. The molecule has 9 heteroatoms. The van der Waals surface area contributed by atoms with E-state index in [1.807, 2.05) is 13.0 Å². The fraction of sp³-hybridized carbons (Fsp3) is 0.158. The first-order valence-electron chi connectivity index (χ1n) is 8.07. The highest BCUT2D eigenvalue weighted by Gasteiger charge is 2.15. The lowest BCUT2D eigenvalue weighted by Gasteiger charge is -2.12. The lowest BCUT2D eigenvalue weighted by molar-refractivity contribution is -0.384. The minimum atomic E-state index is -0.675. The fourth-order valence-corrected chi connectivity index (χ4v) is 3.10. The summed E-state index contributed by atoms with van der Waals surface area (Å²) in [5.41, 5.74) is 0.481. The monoisotopic (exact) mass is 493 g/mol. The molecule has 28 heavy (non-hydrogen) atoms. The molecule has 0 saturated carbocycles. The van der Waals surface area contributed by atoms with Crippen LogP contribution in [-0.2, 0) is 4.79 Å². The number of hydrogen-bond donors (Lipinski definition) is 1. The van der Waals surface area contributed by atoms with Crippen LogP contribution in [-0.4, -0.2) is 24.5 Å². The third kappa shape index (κ3) is 5.20. The molecule has 0 saturated heterocycles. The van der Waals surface area contributed by atoms with Crippen molar-refractivity contribution in [3.8, 4) is 17.6 Å². The number of nitro groups is 1. The van der Waals surface area contributed by atoms with Crippen LogP contribution in [0.1, 0.15) is 12.5 Å². The number of ether oxygens (including phenoxy) is 2. The summed E-state index contributed by atoms with van der Waals surface area (Å²) in [6.45, 7) is 2.33. The molecule has 0 aromatic heterocycles. The highest BCUT2D eigenvalue weighted by atomic mass is 127. The van der Waals surface area contributed by atoms with Crippen LogP contribution in [0.4, 0.5) is 11.4 Å². The average molecular weight is 493 g/mol. The predicted octanol–water partition coefficient (Wildman–Crippen LogP) is 4.15. The molecule has 0 atom stereocenters. The summed E-state index contributed by atoms with van der Waals surface area (Å²) in [7, 11) is 1.50. The summed E-state index contributed by atoms with van der Waals surface area (Å²) < 4.78 is 11.6. The Morgan fingerprint density at radius 2 is 2.14 bits per heavy atom. The second-order valence-corrected chi connectivity index (χ2v) is 6.56. The van der Waals surface area contributed by atoms with Gasteiger partial charge in [0.25, 0.3) is 11.6 Å². The van der Waals surface area contributed by atoms with E-state index in [0.29, 0.717) is 23.7 Å². The maximum Gasteiger partial charge on any atom is 0.271 e. The first-order valence-corrected chi connectivity index (χ1v) is 9.15. The van der Waals surface area contributed by atoms with Crippen molar-refractivity contribution in [2.75, 3.05) is 19.0 Å². The van der Waals surface area contributed by atoms with Gasteiger partial charge in [0.2, 0.25) is 0 Å². The molecule has 2 aromatic carbocycles. The molecular formula is C19H16IN3O5. The summed E-state index contributed by atoms with van der Waals surface area (Å²) in [5.74, 6) is 0.393. The highest BCUT2D eigenvalue weighted by molar-refractivity contribution is 14.1. The molecule has 0 aliphatic heterocycles. The lowest BCUT2D eigenvalue weighted by Crippen LogP contribution is -2.13. The Bertz CT molecular complexity index is 982. The fourth-order valence-electron chi connectivity index (χ4n) is 2.32. The molecule has 0 heterocycles. The number of non-ortho nitro benzene ring substituents is 1. The molecule has 0 unspecified atom stereocenters. The van der Waals surface area contributed by atoms with Crippen molar-refractivity contribution in [2.24, 2.45) is 0 Å². The molecule has 1 amide bonds. The zero-order valence-electron chi connectivity index (χ0n) is 15.1. The number of nitro benzene ring substituents is 1. The van der Waals surface area contributed by atoms with E-state index in [2.05, 4.69) is 27.9 Å². The molecule has 0 aliphatic rings. The van der Waals surface area contributed by atoms with E-state index in [-0.39, 0.29) is 16.9 Å². The van der Waals surface area contributed by atoms with E-state index in [9.17, 15) is 20.2 Å². The van der Waals surface area contributed by atoms with Gasteiger partial charge in [0.05, 0.1) is 22.2 Å². The normalized spacial score (nSPS) is 10.7. The number of benzene rings is 2. The smallest absolute Gasteiger partial charge is 0.271 e. The van der Waals surface area contributed by atoms with Gasteiger partial charge in [-0.25, -0.2) is 0 Å². The maximum absolute atomic E-state index is 12.4. The van der Waals surface area contributed by atoms with Crippen LogP contribution in [0, 0.1) is 25.0 Å². The van der Waals surface area contributed by atoms with E-state index < -0.39 is 10.8 Å². The van der Waals surface area contributed by atoms with Gasteiger partial charge in [-0.05, 0) is 59.4 Å². The van der Waals surface area contributed by atoms with E-state index in [1.165, 1.54) is 37.5 Å². The minimum absolute atomic E-state index is 0.159. The Balaban J connectivity index is 2.32. The van der Waals surface area contributed by atoms with Crippen molar-refractivity contribution in [1.82, 2.24) is 0 Å². The van der Waals surface area contributed by atoms with Gasteiger partial charge in [-0.3, -0.25) is 14.9 Å². The van der Waals surface area contributed by atoms with E-state index >= 15 is 0 Å². The van der Waals surface area contributed by atoms with Crippen LogP contribution in [0.15, 0.2) is 42.0 Å². The van der Waals surface area contributed by atoms with E-state index in [0.717, 1.165) is 3.57 Å². The molecular weight excluding hydrogens is 477 g/mol. The van der Waals surface area contributed by atoms with E-state index in [1.54, 1.807) is 12.1 Å². The zero-order chi connectivity index (χ0) is 20.7. The number of nitriles is 1. The molecule has 0 bridgehead atoms. The molecule has 0 spiro atoms. The lowest BCUT2D eigenvalue weighted by atomic mass is 10.1. The van der Waals surface area contributed by atoms with Crippen molar-refractivity contribution in [3.63, 3.8) is 0 Å². The Morgan fingerprint density at radius 1 is 1.39 bits per heavy atom. The largest absolute Gasteiger partial charge is 0.493 e. The van der Waals surface area contributed by atoms with Crippen LogP contribution in [0.5, 0.6) is 11.5 Å². The third-order valence-electron chi connectivity index (χ3n) is 3.53. The predicted molar refractivity (Wildman–Crippen MR) is 112 cm³/mol.